The normalized spacial score (nSPS) is 30.3. The van der Waals surface area contributed by atoms with E-state index in [0.29, 0.717) is 43.1 Å². The summed E-state index contributed by atoms with van der Waals surface area (Å²) in [5.74, 6) is 0.210. The van der Waals surface area contributed by atoms with Crippen molar-refractivity contribution in [2.24, 2.45) is 11.8 Å². The van der Waals surface area contributed by atoms with E-state index in [1.165, 1.54) is 11.1 Å². The van der Waals surface area contributed by atoms with Gasteiger partial charge in [-0.3, -0.25) is 19.5 Å². The molecule has 3 saturated heterocycles. The molecule has 0 spiro atoms. The van der Waals surface area contributed by atoms with Crippen molar-refractivity contribution in [2.75, 3.05) is 32.7 Å². The smallest absolute Gasteiger partial charge is 0.236 e. The van der Waals surface area contributed by atoms with E-state index in [0.717, 1.165) is 54.3 Å². The summed E-state index contributed by atoms with van der Waals surface area (Å²) in [6, 6.07) is 6.09. The van der Waals surface area contributed by atoms with E-state index < -0.39 is 36.7 Å². The Morgan fingerprint density at radius 1 is 1.02 bits per heavy atom. The van der Waals surface area contributed by atoms with Gasteiger partial charge < -0.3 is 35.4 Å². The number of carbonyl (C=O) groups excluding carboxylic acids is 2. The number of carbonyl (C=O) groups is 2. The van der Waals surface area contributed by atoms with Crippen LogP contribution in [-0.2, 0) is 32.6 Å². The Kier molecular flexibility index (Phi) is 10.9. The SMILES string of the molecule is [B]c1cnc2c(c1)CCc1cc(Cl)cc(Br)c1[C@@]2(C)C1CCN(C(=O)CC2CCN(CC(=O)N[C@@H]3O[C@H](O)[C@H](O)[C@H](O)[C@H]3O)CC2)CC1. The summed E-state index contributed by atoms with van der Waals surface area (Å²) in [6.07, 6.45) is -0.795. The Balaban J connectivity index is 1.03. The van der Waals surface area contributed by atoms with Crippen LogP contribution >= 0.6 is 27.5 Å². The topological polar surface area (TPSA) is 156 Å². The molecule has 14 heteroatoms. The van der Waals surface area contributed by atoms with Gasteiger partial charge in [0.1, 0.15) is 26.2 Å². The number of halogens is 2. The van der Waals surface area contributed by atoms with Crippen molar-refractivity contribution in [3.63, 3.8) is 0 Å². The minimum absolute atomic E-state index is 0.0459. The van der Waals surface area contributed by atoms with Crippen LogP contribution in [0.1, 0.15) is 61.4 Å². The van der Waals surface area contributed by atoms with Gasteiger partial charge in [-0.15, -0.1) is 0 Å². The zero-order valence-electron chi connectivity index (χ0n) is 27.0. The molecule has 2 amide bonds. The molecule has 48 heavy (non-hydrogen) atoms. The number of nitrogens with one attached hydrogen (secondary N) is 1. The number of aliphatic hydroxyl groups is 4. The summed E-state index contributed by atoms with van der Waals surface area (Å²) in [5, 5.41) is 42.5. The van der Waals surface area contributed by atoms with Crippen molar-refractivity contribution < 1.29 is 34.8 Å². The monoisotopic (exact) mass is 744 g/mol. The molecule has 0 saturated carbocycles. The fraction of sp³-hybridized carbons (Fsp3) is 0.618. The number of benzene rings is 1. The lowest BCUT2D eigenvalue weighted by atomic mass is 9.64. The first-order valence-corrected chi connectivity index (χ1v) is 17.9. The van der Waals surface area contributed by atoms with Crippen molar-refractivity contribution in [2.45, 2.75) is 88.1 Å². The average Bonchev–Trinajstić information content (AvgIpc) is 3.17. The molecule has 1 aromatic carbocycles. The largest absolute Gasteiger partial charge is 0.387 e. The second-order valence-electron chi connectivity index (χ2n) is 14.0. The maximum Gasteiger partial charge on any atom is 0.236 e. The zero-order chi connectivity index (χ0) is 34.3. The molecule has 3 fully saturated rings. The molecule has 2 aromatic rings. The highest BCUT2D eigenvalue weighted by molar-refractivity contribution is 9.10. The summed E-state index contributed by atoms with van der Waals surface area (Å²) in [4.78, 5) is 35.0. The Labute approximate surface area is 295 Å². The van der Waals surface area contributed by atoms with Gasteiger partial charge in [0.15, 0.2) is 12.5 Å². The molecular weight excluding hydrogens is 703 g/mol. The summed E-state index contributed by atoms with van der Waals surface area (Å²) in [5.41, 5.74) is 4.94. The first-order valence-electron chi connectivity index (χ1n) is 16.8. The first-order chi connectivity index (χ1) is 22.8. The van der Waals surface area contributed by atoms with Gasteiger partial charge in [0.25, 0.3) is 0 Å². The maximum atomic E-state index is 13.5. The third-order valence-electron chi connectivity index (χ3n) is 10.9. The molecule has 6 rings (SSSR count). The molecule has 1 aromatic heterocycles. The van der Waals surface area contributed by atoms with E-state index in [4.69, 9.17) is 29.2 Å². The number of nitrogens with zero attached hydrogens (tertiary/aromatic N) is 3. The van der Waals surface area contributed by atoms with Gasteiger partial charge in [-0.05, 0) is 99.2 Å². The third-order valence-corrected chi connectivity index (χ3v) is 11.7. The van der Waals surface area contributed by atoms with Crippen LogP contribution in [0.4, 0.5) is 0 Å². The van der Waals surface area contributed by atoms with Crippen LogP contribution in [-0.4, -0.2) is 118 Å². The van der Waals surface area contributed by atoms with Crippen molar-refractivity contribution in [1.82, 2.24) is 20.1 Å². The Bertz CT molecular complexity index is 1520. The van der Waals surface area contributed by atoms with Crippen LogP contribution in [0.15, 0.2) is 28.9 Å². The van der Waals surface area contributed by atoms with Crippen molar-refractivity contribution in [3.05, 3.63) is 56.3 Å². The Hall–Kier alpha value is -2.10. The van der Waals surface area contributed by atoms with E-state index in [1.54, 1.807) is 6.20 Å². The van der Waals surface area contributed by atoms with Crippen molar-refractivity contribution >= 4 is 52.7 Å². The molecule has 11 nitrogen and oxygen atoms in total. The molecule has 4 heterocycles. The molecule has 0 unspecified atom stereocenters. The van der Waals surface area contributed by atoms with Gasteiger partial charge in [-0.2, -0.15) is 0 Å². The minimum Gasteiger partial charge on any atom is -0.387 e. The van der Waals surface area contributed by atoms with Gasteiger partial charge >= 0.3 is 0 Å². The van der Waals surface area contributed by atoms with Gasteiger partial charge in [0, 0.05) is 40.6 Å². The Morgan fingerprint density at radius 2 is 1.71 bits per heavy atom. The number of pyridine rings is 1. The van der Waals surface area contributed by atoms with Crippen LogP contribution in [0.2, 0.25) is 5.02 Å². The standard InChI is InChI=1S/C34H43BBrClN4O7/c1-34(27-19(14-23(37)15-24(27)36)2-3-20-13-22(35)16-38-31(20)34)21-6-10-41(11-7-21)26(43)12-18-4-8-40(9-5-18)17-25(42)39-32-29(45)28(44)30(46)33(47)48-32/h13-16,18,21,28-30,32-33,44-47H,2-12,17H2,1H3,(H,39,42)/t28-,29-,30-,32-,33+,34-/m1/s1. The molecule has 258 valence electrons. The molecule has 1 aliphatic carbocycles. The fourth-order valence-electron chi connectivity index (χ4n) is 8.20. The van der Waals surface area contributed by atoms with E-state index in [1.807, 2.05) is 15.9 Å². The van der Waals surface area contributed by atoms with Crippen LogP contribution in [0, 0.1) is 11.8 Å². The minimum atomic E-state index is -1.72. The van der Waals surface area contributed by atoms with Gasteiger partial charge in [-0.25, -0.2) is 0 Å². The fourth-order valence-corrected chi connectivity index (χ4v) is 9.48. The number of piperidine rings is 2. The lowest BCUT2D eigenvalue weighted by Crippen LogP contribution is -2.63. The molecule has 4 aliphatic rings. The first kappa shape index (κ1) is 35.7. The number of fused-ring (bicyclic) bond motifs is 2. The number of aromatic nitrogens is 1. The lowest BCUT2D eigenvalue weighted by Gasteiger charge is -2.44. The second kappa shape index (κ2) is 14.6. The number of likely N-dealkylation sites (tertiary alicyclic amines) is 2. The van der Waals surface area contributed by atoms with Gasteiger partial charge in [0.05, 0.1) is 12.2 Å². The number of hydrogen-bond acceptors (Lipinski definition) is 9. The van der Waals surface area contributed by atoms with Gasteiger partial charge in [0.2, 0.25) is 11.8 Å². The summed E-state index contributed by atoms with van der Waals surface area (Å²) in [7, 11) is 6.17. The zero-order valence-corrected chi connectivity index (χ0v) is 29.4. The molecule has 6 atom stereocenters. The highest BCUT2D eigenvalue weighted by Crippen LogP contribution is 2.50. The second-order valence-corrected chi connectivity index (χ2v) is 15.3. The van der Waals surface area contributed by atoms with E-state index >= 15 is 0 Å². The number of aliphatic hydroxyl groups excluding tert-OH is 4. The van der Waals surface area contributed by atoms with Crippen LogP contribution in [0.25, 0.3) is 0 Å². The molecule has 5 N–H and O–H groups in total. The maximum absolute atomic E-state index is 13.5. The summed E-state index contributed by atoms with van der Waals surface area (Å²) >= 11 is 10.3. The summed E-state index contributed by atoms with van der Waals surface area (Å²) < 4.78 is 6.03. The van der Waals surface area contributed by atoms with Crippen LogP contribution in [0.5, 0.6) is 0 Å². The number of ether oxygens (including phenoxy) is 1. The van der Waals surface area contributed by atoms with Gasteiger partial charge in [-0.1, -0.05) is 39.1 Å². The van der Waals surface area contributed by atoms with Crippen molar-refractivity contribution in [1.29, 1.82) is 0 Å². The Morgan fingerprint density at radius 3 is 2.42 bits per heavy atom. The molecule has 2 radical (unpaired) electrons. The molecule has 3 aliphatic heterocycles. The lowest BCUT2D eigenvalue weighted by molar-refractivity contribution is -0.286. The van der Waals surface area contributed by atoms with Crippen LogP contribution < -0.4 is 10.8 Å². The van der Waals surface area contributed by atoms with E-state index in [9.17, 15) is 30.0 Å². The van der Waals surface area contributed by atoms with E-state index in [2.05, 4.69) is 40.3 Å². The highest BCUT2D eigenvalue weighted by atomic mass is 79.9. The third kappa shape index (κ3) is 7.21. The number of amides is 2. The highest BCUT2D eigenvalue weighted by Gasteiger charge is 2.46. The number of aryl methyl sites for hydroxylation is 2. The summed E-state index contributed by atoms with van der Waals surface area (Å²) in [6.45, 7) is 4.97. The van der Waals surface area contributed by atoms with Crippen LogP contribution in [0.3, 0.4) is 0 Å². The molecular formula is C34H43BBrClN4O7. The van der Waals surface area contributed by atoms with Crippen molar-refractivity contribution in [3.8, 4) is 0 Å². The molecule has 0 bridgehead atoms. The number of rotatable bonds is 6. The quantitative estimate of drug-likeness (QED) is 0.272. The predicted molar refractivity (Wildman–Crippen MR) is 183 cm³/mol. The number of hydrogen-bond donors (Lipinski definition) is 5. The van der Waals surface area contributed by atoms with E-state index in [-0.39, 0.29) is 29.7 Å². The average molecular weight is 746 g/mol. The predicted octanol–water partition coefficient (Wildman–Crippen LogP) is 0.910.